The summed E-state index contributed by atoms with van der Waals surface area (Å²) in [5.41, 5.74) is 12.9. The Hall–Kier alpha value is -2.34. The third kappa shape index (κ3) is 2.18. The van der Waals surface area contributed by atoms with Crippen LogP contribution in [-0.4, -0.2) is 22.8 Å². The second-order valence-electron chi connectivity index (χ2n) is 3.74. The fraction of sp³-hybridized carbons (Fsp3) is 0.167. The van der Waals surface area contributed by atoms with Crippen molar-refractivity contribution in [2.24, 2.45) is 11.5 Å². The zero-order chi connectivity index (χ0) is 13.1. The van der Waals surface area contributed by atoms with Crippen molar-refractivity contribution in [2.75, 3.05) is 7.11 Å². The molecule has 0 spiro atoms. The monoisotopic (exact) mass is 246 g/mol. The Bertz CT molecular complexity index is 577. The van der Waals surface area contributed by atoms with Gasteiger partial charge in [-0.2, -0.15) is 5.10 Å². The summed E-state index contributed by atoms with van der Waals surface area (Å²) < 4.78 is 6.72. The van der Waals surface area contributed by atoms with Crippen LogP contribution in [0.15, 0.2) is 30.6 Å². The van der Waals surface area contributed by atoms with Crippen molar-refractivity contribution < 1.29 is 9.53 Å². The zero-order valence-electron chi connectivity index (χ0n) is 9.96. The van der Waals surface area contributed by atoms with Crippen LogP contribution in [0, 0.1) is 0 Å². The number of ether oxygens (including phenoxy) is 1. The molecule has 0 bridgehead atoms. The van der Waals surface area contributed by atoms with Crippen LogP contribution in [0.3, 0.4) is 0 Å². The predicted octanol–water partition coefficient (Wildman–Crippen LogP) is 0.438. The van der Waals surface area contributed by atoms with Crippen molar-refractivity contribution in [1.29, 1.82) is 0 Å². The average Bonchev–Trinajstić information content (AvgIpc) is 2.87. The van der Waals surface area contributed by atoms with Gasteiger partial charge in [-0.1, -0.05) is 6.07 Å². The number of carbonyl (C=O) groups is 1. The first-order valence-corrected chi connectivity index (χ1v) is 5.37. The maximum Gasteiger partial charge on any atom is 0.251 e. The molecule has 4 N–H and O–H groups in total. The van der Waals surface area contributed by atoms with E-state index in [2.05, 4.69) is 5.10 Å². The highest BCUT2D eigenvalue weighted by atomic mass is 16.5. The van der Waals surface area contributed by atoms with Gasteiger partial charge in [-0.3, -0.25) is 4.79 Å². The first kappa shape index (κ1) is 12.1. The van der Waals surface area contributed by atoms with E-state index in [1.165, 1.54) is 6.20 Å². The molecule has 0 aliphatic carbocycles. The van der Waals surface area contributed by atoms with Gasteiger partial charge in [-0.05, 0) is 11.6 Å². The van der Waals surface area contributed by atoms with Gasteiger partial charge in [0.2, 0.25) is 0 Å². The maximum absolute atomic E-state index is 11.0. The summed E-state index contributed by atoms with van der Waals surface area (Å²) in [6.45, 7) is 0.366. The molecule has 2 aromatic rings. The second-order valence-corrected chi connectivity index (χ2v) is 3.74. The summed E-state index contributed by atoms with van der Waals surface area (Å²) in [6, 6.07) is 5.49. The molecule has 1 heterocycles. The van der Waals surface area contributed by atoms with Gasteiger partial charge in [0, 0.05) is 18.8 Å². The first-order valence-electron chi connectivity index (χ1n) is 5.37. The van der Waals surface area contributed by atoms with E-state index in [9.17, 15) is 4.79 Å². The van der Waals surface area contributed by atoms with E-state index in [4.69, 9.17) is 16.2 Å². The second kappa shape index (κ2) is 4.89. The molecular weight excluding hydrogens is 232 g/mol. The molecule has 1 aromatic heterocycles. The van der Waals surface area contributed by atoms with E-state index in [-0.39, 0.29) is 0 Å². The Kier molecular flexibility index (Phi) is 3.29. The van der Waals surface area contributed by atoms with Gasteiger partial charge >= 0.3 is 0 Å². The minimum Gasteiger partial charge on any atom is -0.497 e. The van der Waals surface area contributed by atoms with Gasteiger partial charge in [0.05, 0.1) is 24.6 Å². The van der Waals surface area contributed by atoms with E-state index >= 15 is 0 Å². The molecule has 18 heavy (non-hydrogen) atoms. The Morgan fingerprint density at radius 3 is 2.83 bits per heavy atom. The van der Waals surface area contributed by atoms with Gasteiger partial charge in [0.25, 0.3) is 5.91 Å². The Morgan fingerprint density at radius 2 is 2.28 bits per heavy atom. The van der Waals surface area contributed by atoms with E-state index in [0.29, 0.717) is 17.9 Å². The number of nitrogens with zero attached hydrogens (tertiary/aromatic N) is 2. The van der Waals surface area contributed by atoms with Gasteiger partial charge in [-0.15, -0.1) is 0 Å². The van der Waals surface area contributed by atoms with Gasteiger partial charge in [0.15, 0.2) is 0 Å². The maximum atomic E-state index is 11.0. The number of carbonyl (C=O) groups excluding carboxylic acids is 1. The summed E-state index contributed by atoms with van der Waals surface area (Å²) in [5.74, 6) is 0.178. The normalized spacial score (nSPS) is 10.3. The van der Waals surface area contributed by atoms with Crippen molar-refractivity contribution in [2.45, 2.75) is 6.54 Å². The number of aromatic nitrogens is 2. The van der Waals surface area contributed by atoms with Crippen LogP contribution in [0.4, 0.5) is 0 Å². The minimum absolute atomic E-state index is 0.348. The highest BCUT2D eigenvalue weighted by molar-refractivity contribution is 5.92. The number of benzene rings is 1. The summed E-state index contributed by atoms with van der Waals surface area (Å²) in [5, 5.41) is 4.10. The van der Waals surface area contributed by atoms with Crippen LogP contribution in [0.25, 0.3) is 5.69 Å². The molecule has 2 rings (SSSR count). The van der Waals surface area contributed by atoms with Gasteiger partial charge in [0.1, 0.15) is 5.75 Å². The Balaban J connectivity index is 2.50. The third-order valence-electron chi connectivity index (χ3n) is 2.63. The largest absolute Gasteiger partial charge is 0.497 e. The van der Waals surface area contributed by atoms with Crippen molar-refractivity contribution in [1.82, 2.24) is 9.78 Å². The van der Waals surface area contributed by atoms with E-state index in [1.807, 2.05) is 12.1 Å². The molecule has 0 unspecified atom stereocenters. The standard InChI is InChI=1S/C12H14N4O2/c1-18-10-3-2-8(5-13)11(4-10)16-7-9(6-15-16)12(14)17/h2-4,6-7H,5,13H2,1H3,(H2,14,17). The zero-order valence-corrected chi connectivity index (χ0v) is 9.96. The highest BCUT2D eigenvalue weighted by Crippen LogP contribution is 2.21. The Labute approximate surface area is 104 Å². The predicted molar refractivity (Wildman–Crippen MR) is 66.5 cm³/mol. The number of rotatable bonds is 4. The van der Waals surface area contributed by atoms with Gasteiger partial charge < -0.3 is 16.2 Å². The van der Waals surface area contributed by atoms with Crippen LogP contribution < -0.4 is 16.2 Å². The van der Waals surface area contributed by atoms with Gasteiger partial charge in [-0.25, -0.2) is 4.68 Å². The lowest BCUT2D eigenvalue weighted by molar-refractivity contribution is 0.100. The number of nitrogens with two attached hydrogens (primary N) is 2. The number of amides is 1. The first-order chi connectivity index (χ1) is 8.65. The number of primary amides is 1. The van der Waals surface area contributed by atoms with E-state index < -0.39 is 5.91 Å². The molecule has 6 heteroatoms. The molecular formula is C12H14N4O2. The minimum atomic E-state index is -0.515. The van der Waals surface area contributed by atoms with E-state index in [1.54, 1.807) is 24.1 Å². The number of methoxy groups -OCH3 is 1. The Morgan fingerprint density at radius 1 is 1.50 bits per heavy atom. The number of hydrogen-bond donors (Lipinski definition) is 2. The van der Waals surface area contributed by atoms with Crippen LogP contribution >= 0.6 is 0 Å². The quantitative estimate of drug-likeness (QED) is 0.818. The fourth-order valence-electron chi connectivity index (χ4n) is 1.64. The number of hydrogen-bond acceptors (Lipinski definition) is 4. The summed E-state index contributed by atoms with van der Waals surface area (Å²) in [7, 11) is 1.58. The molecule has 0 atom stereocenters. The molecule has 1 amide bonds. The topological polar surface area (TPSA) is 96.2 Å². The van der Waals surface area contributed by atoms with E-state index in [0.717, 1.165) is 11.3 Å². The average molecular weight is 246 g/mol. The smallest absolute Gasteiger partial charge is 0.251 e. The lowest BCUT2D eigenvalue weighted by Gasteiger charge is -2.09. The summed E-state index contributed by atoms with van der Waals surface area (Å²) in [4.78, 5) is 11.0. The van der Waals surface area contributed by atoms with Crippen LogP contribution in [0.5, 0.6) is 5.75 Å². The van der Waals surface area contributed by atoms with Crippen molar-refractivity contribution in [3.05, 3.63) is 41.7 Å². The van der Waals surface area contributed by atoms with Crippen LogP contribution in [-0.2, 0) is 6.54 Å². The van der Waals surface area contributed by atoms with Crippen LogP contribution in [0.2, 0.25) is 0 Å². The molecule has 0 aliphatic heterocycles. The lowest BCUT2D eigenvalue weighted by atomic mass is 10.1. The molecule has 0 saturated heterocycles. The molecule has 0 radical (unpaired) electrons. The molecule has 0 fully saturated rings. The van der Waals surface area contributed by atoms with Crippen molar-refractivity contribution in [3.8, 4) is 11.4 Å². The van der Waals surface area contributed by atoms with Crippen molar-refractivity contribution in [3.63, 3.8) is 0 Å². The molecule has 94 valence electrons. The fourth-order valence-corrected chi connectivity index (χ4v) is 1.64. The molecule has 0 saturated carbocycles. The third-order valence-corrected chi connectivity index (χ3v) is 2.63. The summed E-state index contributed by atoms with van der Waals surface area (Å²) >= 11 is 0. The van der Waals surface area contributed by atoms with Crippen LogP contribution in [0.1, 0.15) is 15.9 Å². The highest BCUT2D eigenvalue weighted by Gasteiger charge is 2.09. The lowest BCUT2D eigenvalue weighted by Crippen LogP contribution is -2.10. The molecule has 0 aliphatic rings. The van der Waals surface area contributed by atoms with Crippen molar-refractivity contribution >= 4 is 5.91 Å². The SMILES string of the molecule is COc1ccc(CN)c(-n2cc(C(N)=O)cn2)c1. The molecule has 1 aromatic carbocycles. The molecule has 6 nitrogen and oxygen atoms in total. The summed E-state index contributed by atoms with van der Waals surface area (Å²) in [6.07, 6.45) is 2.98.